The zero-order valence-electron chi connectivity index (χ0n) is 17.0. The molecule has 15 heteroatoms. The van der Waals surface area contributed by atoms with E-state index in [1.807, 2.05) is 0 Å². The molecule has 0 atom stereocenters. The van der Waals surface area contributed by atoms with Crippen molar-refractivity contribution in [2.75, 3.05) is 6.61 Å². The van der Waals surface area contributed by atoms with Crippen LogP contribution >= 0.6 is 15.9 Å². The summed E-state index contributed by atoms with van der Waals surface area (Å²) in [6.45, 7) is 1.72. The summed E-state index contributed by atoms with van der Waals surface area (Å²) in [7, 11) is 0. The van der Waals surface area contributed by atoms with Crippen LogP contribution in [0.1, 0.15) is 18.1 Å². The Hall–Kier alpha value is -3.10. The number of hydrogen-bond donors (Lipinski definition) is 1. The van der Waals surface area contributed by atoms with Crippen LogP contribution < -0.4 is 14.9 Å². The molecule has 186 valence electrons. The number of nitro groups is 1. The van der Waals surface area contributed by atoms with Crippen LogP contribution in [0.3, 0.4) is 0 Å². The summed E-state index contributed by atoms with van der Waals surface area (Å²) in [6.07, 6.45) is -5.90. The summed E-state index contributed by atoms with van der Waals surface area (Å²) in [5.74, 6) is -6.13. The number of alkyl halides is 7. The van der Waals surface area contributed by atoms with Gasteiger partial charge in [0.15, 0.2) is 11.5 Å². The van der Waals surface area contributed by atoms with Gasteiger partial charge in [0.2, 0.25) is 0 Å². The predicted molar refractivity (Wildman–Crippen MR) is 109 cm³/mol. The smallest absolute Gasteiger partial charge is 0.462 e. The molecule has 0 amide bonds. The second-order valence-electron chi connectivity index (χ2n) is 6.49. The number of non-ortho nitro benzene ring substituents is 1. The van der Waals surface area contributed by atoms with Gasteiger partial charge < -0.3 is 9.47 Å². The SMILES string of the molecule is CCOc1cc(/C=N/NC(F)(F)C(F)(F)C(F)(F)F)cc(Br)c1OCc1ccc([N+](=O)[O-])cc1. The fourth-order valence-corrected chi connectivity index (χ4v) is 2.95. The Kier molecular flexibility index (Phi) is 8.34. The maximum absolute atomic E-state index is 13.3. The highest BCUT2D eigenvalue weighted by atomic mass is 79.9. The van der Waals surface area contributed by atoms with Crippen LogP contribution in [-0.4, -0.2) is 35.9 Å². The first-order valence-corrected chi connectivity index (χ1v) is 9.94. The quantitative estimate of drug-likeness (QED) is 0.125. The standard InChI is InChI=1S/C19H15BrF7N3O4/c1-2-33-15-8-12(9-28-29-19(26,27)17(21,22)18(23,24)25)7-14(20)16(15)34-10-11-3-5-13(6-4-11)30(31)32/h3-9,29H,2,10H2,1H3/b28-9+. The van der Waals surface area contributed by atoms with Gasteiger partial charge in [-0.15, -0.1) is 0 Å². The maximum atomic E-state index is 13.3. The van der Waals surface area contributed by atoms with Crippen molar-refractivity contribution in [2.24, 2.45) is 5.10 Å². The van der Waals surface area contributed by atoms with Crippen LogP contribution in [0.5, 0.6) is 11.5 Å². The summed E-state index contributed by atoms with van der Waals surface area (Å²) < 4.78 is 100. The van der Waals surface area contributed by atoms with E-state index in [9.17, 15) is 40.8 Å². The van der Waals surface area contributed by atoms with Crippen LogP contribution in [0.25, 0.3) is 0 Å². The van der Waals surface area contributed by atoms with Gasteiger partial charge in [-0.25, -0.2) is 5.43 Å². The van der Waals surface area contributed by atoms with Crippen molar-refractivity contribution in [3.8, 4) is 11.5 Å². The van der Waals surface area contributed by atoms with Crippen LogP contribution in [-0.2, 0) is 6.61 Å². The van der Waals surface area contributed by atoms with Gasteiger partial charge in [0, 0.05) is 12.1 Å². The van der Waals surface area contributed by atoms with Gasteiger partial charge in [0.1, 0.15) is 6.61 Å². The molecule has 0 radical (unpaired) electrons. The first-order chi connectivity index (χ1) is 15.7. The second-order valence-corrected chi connectivity index (χ2v) is 7.35. The zero-order chi connectivity index (χ0) is 25.7. The number of halogens is 8. The minimum Gasteiger partial charge on any atom is -0.490 e. The lowest BCUT2D eigenvalue weighted by Gasteiger charge is -2.27. The molecule has 0 heterocycles. The lowest BCUT2D eigenvalue weighted by Crippen LogP contribution is -2.58. The van der Waals surface area contributed by atoms with Crippen molar-refractivity contribution in [3.63, 3.8) is 0 Å². The number of nitrogens with one attached hydrogen (secondary N) is 1. The fourth-order valence-electron chi connectivity index (χ4n) is 2.37. The molecule has 0 aliphatic heterocycles. The van der Waals surface area contributed by atoms with Gasteiger partial charge in [0.25, 0.3) is 5.69 Å². The minimum atomic E-state index is -6.49. The third-order valence-corrected chi connectivity index (χ3v) is 4.62. The van der Waals surface area contributed by atoms with E-state index in [1.54, 1.807) is 6.92 Å². The zero-order valence-corrected chi connectivity index (χ0v) is 18.6. The molecule has 0 saturated heterocycles. The molecular weight excluding hydrogens is 547 g/mol. The molecule has 2 aromatic carbocycles. The Morgan fingerprint density at radius 3 is 2.24 bits per heavy atom. The van der Waals surface area contributed by atoms with E-state index in [2.05, 4.69) is 21.0 Å². The summed E-state index contributed by atoms with van der Waals surface area (Å²) in [4.78, 5) is 10.1. The molecule has 0 bridgehead atoms. The Morgan fingerprint density at radius 2 is 1.71 bits per heavy atom. The van der Waals surface area contributed by atoms with Gasteiger partial charge in [-0.3, -0.25) is 10.1 Å². The Labute approximate surface area is 195 Å². The highest BCUT2D eigenvalue weighted by Gasteiger charge is 2.73. The number of nitrogens with zero attached hydrogens (tertiary/aromatic N) is 2. The van der Waals surface area contributed by atoms with E-state index in [0.717, 1.165) is 0 Å². The van der Waals surface area contributed by atoms with E-state index in [-0.39, 0.29) is 40.4 Å². The van der Waals surface area contributed by atoms with Gasteiger partial charge in [0.05, 0.1) is 22.2 Å². The number of nitro benzene ring substituents is 1. The van der Waals surface area contributed by atoms with Crippen LogP contribution in [0.15, 0.2) is 46.0 Å². The van der Waals surface area contributed by atoms with Gasteiger partial charge in [-0.2, -0.15) is 35.8 Å². The summed E-state index contributed by atoms with van der Waals surface area (Å²) in [5, 5.41) is 13.5. The molecule has 0 aliphatic rings. The van der Waals surface area contributed by atoms with E-state index >= 15 is 0 Å². The van der Waals surface area contributed by atoms with Crippen molar-refractivity contribution in [3.05, 3.63) is 62.1 Å². The molecule has 0 unspecified atom stereocenters. The largest absolute Gasteiger partial charge is 0.490 e. The Bertz CT molecular complexity index is 1050. The molecule has 2 aromatic rings. The first-order valence-electron chi connectivity index (χ1n) is 9.14. The first kappa shape index (κ1) is 27.1. The number of benzene rings is 2. The average Bonchev–Trinajstić information content (AvgIpc) is 2.72. The molecule has 0 aromatic heterocycles. The van der Waals surface area contributed by atoms with Crippen molar-refractivity contribution in [1.82, 2.24) is 5.43 Å². The van der Waals surface area contributed by atoms with E-state index in [0.29, 0.717) is 17.2 Å². The third-order valence-electron chi connectivity index (χ3n) is 4.03. The topological polar surface area (TPSA) is 86.0 Å². The van der Waals surface area contributed by atoms with E-state index in [1.165, 1.54) is 36.4 Å². The molecule has 34 heavy (non-hydrogen) atoms. The van der Waals surface area contributed by atoms with E-state index < -0.39 is 23.1 Å². The van der Waals surface area contributed by atoms with Crippen molar-refractivity contribution < 1.29 is 45.1 Å². The van der Waals surface area contributed by atoms with E-state index in [4.69, 9.17) is 9.47 Å². The molecule has 1 N–H and O–H groups in total. The van der Waals surface area contributed by atoms with Crippen LogP contribution in [0.4, 0.5) is 36.4 Å². The Morgan fingerprint density at radius 1 is 1.09 bits per heavy atom. The second kappa shape index (κ2) is 10.4. The highest BCUT2D eigenvalue weighted by Crippen LogP contribution is 2.45. The van der Waals surface area contributed by atoms with Gasteiger partial charge in [-0.1, -0.05) is 0 Å². The summed E-state index contributed by atoms with van der Waals surface area (Å²) in [6, 6.07) is 2.29. The van der Waals surface area contributed by atoms with Crippen molar-refractivity contribution in [2.45, 2.75) is 31.7 Å². The lowest BCUT2D eigenvalue weighted by atomic mass is 10.2. The molecular formula is C19H15BrF7N3O4. The predicted octanol–water partition coefficient (Wildman–Crippen LogP) is 6.05. The monoisotopic (exact) mass is 561 g/mol. The van der Waals surface area contributed by atoms with Gasteiger partial charge in [-0.05, 0) is 58.2 Å². The van der Waals surface area contributed by atoms with Crippen LogP contribution in [0, 0.1) is 10.1 Å². The lowest BCUT2D eigenvalue weighted by molar-refractivity contribution is -0.384. The van der Waals surface area contributed by atoms with Crippen molar-refractivity contribution >= 4 is 27.8 Å². The molecule has 0 saturated carbocycles. The Balaban J connectivity index is 2.20. The molecule has 0 aliphatic carbocycles. The summed E-state index contributed by atoms with van der Waals surface area (Å²) >= 11 is 3.17. The number of hydrogen-bond acceptors (Lipinski definition) is 6. The maximum Gasteiger partial charge on any atom is 0.462 e. The average molecular weight is 562 g/mol. The molecule has 0 spiro atoms. The number of rotatable bonds is 10. The van der Waals surface area contributed by atoms with Crippen molar-refractivity contribution in [1.29, 1.82) is 0 Å². The fraction of sp³-hybridized carbons (Fsp3) is 0.316. The molecule has 0 fully saturated rings. The molecule has 2 rings (SSSR count). The normalized spacial score (nSPS) is 12.6. The number of ether oxygens (including phenoxy) is 2. The van der Waals surface area contributed by atoms with Gasteiger partial charge >= 0.3 is 18.1 Å². The minimum absolute atomic E-state index is 0.00311. The summed E-state index contributed by atoms with van der Waals surface area (Å²) in [5.41, 5.74) is 0.983. The molecule has 7 nitrogen and oxygen atoms in total. The van der Waals surface area contributed by atoms with Crippen LogP contribution in [0.2, 0.25) is 0 Å². The number of hydrazone groups is 1. The highest BCUT2D eigenvalue weighted by molar-refractivity contribution is 9.10. The third kappa shape index (κ3) is 6.27.